The molecule has 1 N–H and O–H groups in total. The van der Waals surface area contributed by atoms with Crippen molar-refractivity contribution in [3.8, 4) is 22.6 Å². The largest absolute Gasteiger partial charge is 0.339 e. The molecule has 6 nitrogen and oxygen atoms in total. The van der Waals surface area contributed by atoms with Crippen LogP contribution < -0.4 is 0 Å². The first kappa shape index (κ1) is 17.9. The molecule has 0 amide bonds. The Kier molecular flexibility index (Phi) is 5.64. The highest BCUT2D eigenvalue weighted by Gasteiger charge is 2.09. The molecule has 0 aliphatic rings. The van der Waals surface area contributed by atoms with Crippen LogP contribution in [-0.4, -0.2) is 30.8 Å². The molecular weight excluding hydrogens is 426 g/mol. The van der Waals surface area contributed by atoms with E-state index in [-0.39, 0.29) is 0 Å². The minimum atomic E-state index is 0.602. The van der Waals surface area contributed by atoms with Gasteiger partial charge in [-0.25, -0.2) is 4.98 Å². The summed E-state index contributed by atoms with van der Waals surface area (Å²) >= 11 is 5.14. The fraction of sp³-hybridized carbons (Fsp3) is 0.158. The van der Waals surface area contributed by atoms with E-state index in [1.165, 1.54) is 0 Å². The number of aromatic amines is 1. The third kappa shape index (κ3) is 4.64. The van der Waals surface area contributed by atoms with E-state index in [0.717, 1.165) is 45.0 Å². The van der Waals surface area contributed by atoms with Gasteiger partial charge in [0, 0.05) is 34.6 Å². The fourth-order valence-electron chi connectivity index (χ4n) is 2.52. The lowest BCUT2D eigenvalue weighted by Gasteiger charge is -1.98. The quantitative estimate of drug-likeness (QED) is 0.320. The summed E-state index contributed by atoms with van der Waals surface area (Å²) in [6.45, 7) is 0. The van der Waals surface area contributed by atoms with Gasteiger partial charge in [0.2, 0.25) is 11.7 Å². The Labute approximate surface area is 169 Å². The standard InChI is InChI=1S/C19H16BrN5OS/c20-15-5-3-13(4-6-15)16-12-22-19(23-16)27-11-1-2-17-24-18(25-26-17)14-7-9-21-10-8-14/h3-10,12H,1-2,11H2,(H,22,23). The fourth-order valence-corrected chi connectivity index (χ4v) is 3.58. The summed E-state index contributed by atoms with van der Waals surface area (Å²) in [5.41, 5.74) is 3.04. The molecule has 27 heavy (non-hydrogen) atoms. The maximum atomic E-state index is 5.32. The molecular formula is C19H16BrN5OS. The molecule has 0 bridgehead atoms. The molecule has 0 spiro atoms. The maximum Gasteiger partial charge on any atom is 0.226 e. The Bertz CT molecular complexity index is 1000. The van der Waals surface area contributed by atoms with Crippen molar-refractivity contribution in [2.75, 3.05) is 5.75 Å². The molecule has 3 heterocycles. The van der Waals surface area contributed by atoms with E-state index < -0.39 is 0 Å². The van der Waals surface area contributed by atoms with Crippen LogP contribution in [0.4, 0.5) is 0 Å². The average molecular weight is 442 g/mol. The first-order valence-corrected chi connectivity index (χ1v) is 10.2. The number of nitrogens with zero attached hydrogens (tertiary/aromatic N) is 4. The van der Waals surface area contributed by atoms with Crippen LogP contribution in [0.15, 0.2) is 69.1 Å². The predicted molar refractivity (Wildman–Crippen MR) is 108 cm³/mol. The van der Waals surface area contributed by atoms with E-state index in [9.17, 15) is 0 Å². The van der Waals surface area contributed by atoms with Gasteiger partial charge >= 0.3 is 0 Å². The summed E-state index contributed by atoms with van der Waals surface area (Å²) in [5.74, 6) is 2.17. The van der Waals surface area contributed by atoms with Crippen LogP contribution in [0.1, 0.15) is 12.3 Å². The number of rotatable bonds is 7. The summed E-state index contributed by atoms with van der Waals surface area (Å²) < 4.78 is 6.39. The molecule has 0 aliphatic heterocycles. The van der Waals surface area contributed by atoms with Gasteiger partial charge in [0.1, 0.15) is 0 Å². The van der Waals surface area contributed by atoms with Crippen LogP contribution in [0.3, 0.4) is 0 Å². The number of nitrogens with one attached hydrogen (secondary N) is 1. The zero-order valence-corrected chi connectivity index (χ0v) is 16.7. The van der Waals surface area contributed by atoms with Crippen molar-refractivity contribution < 1.29 is 4.52 Å². The van der Waals surface area contributed by atoms with Gasteiger partial charge in [-0.1, -0.05) is 45.0 Å². The van der Waals surface area contributed by atoms with Crippen LogP contribution in [0.25, 0.3) is 22.6 Å². The molecule has 0 fully saturated rings. The van der Waals surface area contributed by atoms with Gasteiger partial charge in [-0.15, -0.1) is 0 Å². The Morgan fingerprint density at radius 2 is 1.85 bits per heavy atom. The third-order valence-electron chi connectivity index (χ3n) is 3.89. The topological polar surface area (TPSA) is 80.5 Å². The van der Waals surface area contributed by atoms with Gasteiger partial charge in [-0.05, 0) is 36.2 Å². The Balaban J connectivity index is 1.27. The summed E-state index contributed by atoms with van der Waals surface area (Å²) in [6.07, 6.45) is 6.97. The molecule has 4 rings (SSSR count). The van der Waals surface area contributed by atoms with E-state index >= 15 is 0 Å². The molecule has 0 atom stereocenters. The number of aryl methyl sites for hydroxylation is 1. The van der Waals surface area contributed by atoms with Crippen molar-refractivity contribution in [1.29, 1.82) is 0 Å². The number of pyridine rings is 1. The molecule has 136 valence electrons. The van der Waals surface area contributed by atoms with Crippen molar-refractivity contribution in [2.45, 2.75) is 18.0 Å². The number of thioether (sulfide) groups is 1. The zero-order chi connectivity index (χ0) is 18.5. The van der Waals surface area contributed by atoms with E-state index in [1.54, 1.807) is 24.2 Å². The number of aromatic nitrogens is 5. The normalized spacial score (nSPS) is 11.0. The molecule has 0 saturated heterocycles. The molecule has 3 aromatic heterocycles. The summed E-state index contributed by atoms with van der Waals surface area (Å²) in [5, 5.41) is 4.94. The summed E-state index contributed by atoms with van der Waals surface area (Å²) in [6, 6.07) is 11.9. The molecule has 0 aliphatic carbocycles. The minimum absolute atomic E-state index is 0.602. The molecule has 0 unspecified atom stereocenters. The van der Waals surface area contributed by atoms with E-state index in [2.05, 4.69) is 53.2 Å². The number of hydrogen-bond acceptors (Lipinski definition) is 6. The van der Waals surface area contributed by atoms with Gasteiger partial charge in [0.15, 0.2) is 5.16 Å². The highest BCUT2D eigenvalue weighted by atomic mass is 79.9. The lowest BCUT2D eigenvalue weighted by Crippen LogP contribution is -1.89. The Hall–Kier alpha value is -2.45. The van der Waals surface area contributed by atoms with Crippen molar-refractivity contribution >= 4 is 27.7 Å². The highest BCUT2D eigenvalue weighted by Crippen LogP contribution is 2.24. The zero-order valence-electron chi connectivity index (χ0n) is 14.3. The second kappa shape index (κ2) is 8.49. The first-order valence-electron chi connectivity index (χ1n) is 8.45. The Morgan fingerprint density at radius 3 is 2.67 bits per heavy atom. The lowest BCUT2D eigenvalue weighted by atomic mass is 10.2. The van der Waals surface area contributed by atoms with Gasteiger partial charge < -0.3 is 9.51 Å². The van der Waals surface area contributed by atoms with Gasteiger partial charge in [-0.2, -0.15) is 4.98 Å². The number of hydrogen-bond donors (Lipinski definition) is 1. The SMILES string of the molecule is Brc1ccc(-c2cnc(SCCCc3nc(-c4ccncc4)no3)[nH]2)cc1. The second-order valence-corrected chi connectivity index (χ2v) is 7.81. The monoisotopic (exact) mass is 441 g/mol. The maximum absolute atomic E-state index is 5.32. The molecule has 1 aromatic carbocycles. The van der Waals surface area contributed by atoms with Crippen LogP contribution in [0, 0.1) is 0 Å². The summed E-state index contributed by atoms with van der Waals surface area (Å²) in [4.78, 5) is 16.2. The van der Waals surface area contributed by atoms with Crippen LogP contribution in [-0.2, 0) is 6.42 Å². The third-order valence-corrected chi connectivity index (χ3v) is 5.39. The molecule has 4 aromatic rings. The predicted octanol–water partition coefficient (Wildman–Crippen LogP) is 5.01. The average Bonchev–Trinajstić information content (AvgIpc) is 3.36. The number of H-pyrrole nitrogens is 1. The number of halogens is 1. The lowest BCUT2D eigenvalue weighted by molar-refractivity contribution is 0.378. The van der Waals surface area contributed by atoms with Crippen molar-refractivity contribution in [1.82, 2.24) is 25.1 Å². The van der Waals surface area contributed by atoms with Crippen molar-refractivity contribution in [2.24, 2.45) is 0 Å². The first-order chi connectivity index (χ1) is 13.3. The van der Waals surface area contributed by atoms with Crippen LogP contribution >= 0.6 is 27.7 Å². The Morgan fingerprint density at radius 1 is 1.04 bits per heavy atom. The van der Waals surface area contributed by atoms with E-state index in [1.807, 2.05) is 30.5 Å². The van der Waals surface area contributed by atoms with Gasteiger partial charge in [0.05, 0.1) is 11.9 Å². The molecule has 0 saturated carbocycles. The number of imidazole rings is 1. The van der Waals surface area contributed by atoms with E-state index in [0.29, 0.717) is 11.7 Å². The van der Waals surface area contributed by atoms with Crippen molar-refractivity contribution in [3.63, 3.8) is 0 Å². The number of benzene rings is 1. The molecule has 0 radical (unpaired) electrons. The smallest absolute Gasteiger partial charge is 0.226 e. The molecule has 8 heteroatoms. The summed E-state index contributed by atoms with van der Waals surface area (Å²) in [7, 11) is 0. The second-order valence-electron chi connectivity index (χ2n) is 5.81. The van der Waals surface area contributed by atoms with Crippen LogP contribution in [0.5, 0.6) is 0 Å². The van der Waals surface area contributed by atoms with Crippen molar-refractivity contribution in [3.05, 3.63) is 65.4 Å². The minimum Gasteiger partial charge on any atom is -0.339 e. The van der Waals surface area contributed by atoms with E-state index in [4.69, 9.17) is 4.52 Å². The van der Waals surface area contributed by atoms with Gasteiger partial charge in [0.25, 0.3) is 0 Å². The highest BCUT2D eigenvalue weighted by molar-refractivity contribution is 9.10. The van der Waals surface area contributed by atoms with Crippen LogP contribution in [0.2, 0.25) is 0 Å². The van der Waals surface area contributed by atoms with Gasteiger partial charge in [-0.3, -0.25) is 4.98 Å².